The van der Waals surface area contributed by atoms with Crippen molar-refractivity contribution in [1.82, 2.24) is 20.6 Å². The number of nitrogens with one attached hydrogen (secondary N) is 1. The van der Waals surface area contributed by atoms with E-state index in [0.717, 1.165) is 23.1 Å². The Morgan fingerprint density at radius 2 is 2.00 bits per heavy atom. The maximum absolute atomic E-state index is 13.2. The Bertz CT molecular complexity index is 558. The van der Waals surface area contributed by atoms with Crippen LogP contribution in [0.1, 0.15) is 28.6 Å². The molecule has 6 heteroatoms. The number of aryl methyl sites for hydroxylation is 2. The number of rotatable bonds is 3. The number of aromatic nitrogens is 3. The SMILES string of the molecule is Cc1cc(C(NN)c2cncc(F)c2)c(C)nn1. The van der Waals surface area contributed by atoms with Crippen molar-refractivity contribution >= 4 is 0 Å². The molecule has 2 aromatic rings. The van der Waals surface area contributed by atoms with Crippen LogP contribution in [0.15, 0.2) is 24.5 Å². The van der Waals surface area contributed by atoms with Crippen LogP contribution in [-0.2, 0) is 0 Å². The smallest absolute Gasteiger partial charge is 0.141 e. The molecule has 2 aromatic heterocycles. The highest BCUT2D eigenvalue weighted by Gasteiger charge is 2.17. The zero-order valence-electron chi connectivity index (χ0n) is 10.2. The van der Waals surface area contributed by atoms with E-state index in [2.05, 4.69) is 20.6 Å². The summed E-state index contributed by atoms with van der Waals surface area (Å²) < 4.78 is 13.2. The van der Waals surface area contributed by atoms with Crippen LogP contribution in [0.5, 0.6) is 0 Å². The fraction of sp³-hybridized carbons (Fsp3) is 0.250. The van der Waals surface area contributed by atoms with E-state index in [0.29, 0.717) is 5.56 Å². The lowest BCUT2D eigenvalue weighted by Crippen LogP contribution is -2.30. The highest BCUT2D eigenvalue weighted by molar-refractivity contribution is 5.32. The van der Waals surface area contributed by atoms with Gasteiger partial charge in [0.2, 0.25) is 0 Å². The van der Waals surface area contributed by atoms with Crippen LogP contribution < -0.4 is 11.3 Å². The fourth-order valence-electron chi connectivity index (χ4n) is 1.81. The summed E-state index contributed by atoms with van der Waals surface area (Å²) in [5, 5.41) is 7.99. The van der Waals surface area contributed by atoms with Crippen LogP contribution in [0.4, 0.5) is 4.39 Å². The normalized spacial score (nSPS) is 12.4. The molecule has 0 aliphatic rings. The molecule has 0 saturated heterocycles. The topological polar surface area (TPSA) is 76.7 Å². The molecule has 0 saturated carbocycles. The highest BCUT2D eigenvalue weighted by atomic mass is 19.1. The Labute approximate surface area is 104 Å². The largest absolute Gasteiger partial charge is 0.271 e. The third-order valence-corrected chi connectivity index (χ3v) is 2.68. The Kier molecular flexibility index (Phi) is 3.59. The maximum atomic E-state index is 13.2. The molecule has 0 spiro atoms. The lowest BCUT2D eigenvalue weighted by Gasteiger charge is -2.18. The zero-order chi connectivity index (χ0) is 13.1. The van der Waals surface area contributed by atoms with Gasteiger partial charge >= 0.3 is 0 Å². The van der Waals surface area contributed by atoms with Crippen LogP contribution in [0.25, 0.3) is 0 Å². The van der Waals surface area contributed by atoms with Crippen molar-refractivity contribution in [3.63, 3.8) is 0 Å². The van der Waals surface area contributed by atoms with Gasteiger partial charge < -0.3 is 0 Å². The molecule has 2 rings (SSSR count). The van der Waals surface area contributed by atoms with Gasteiger partial charge in [0.1, 0.15) is 5.82 Å². The number of halogens is 1. The summed E-state index contributed by atoms with van der Waals surface area (Å²) in [6.07, 6.45) is 2.72. The van der Waals surface area contributed by atoms with Gasteiger partial charge in [0.25, 0.3) is 0 Å². The molecule has 94 valence electrons. The first-order valence-electron chi connectivity index (χ1n) is 5.49. The molecule has 1 unspecified atom stereocenters. The second-order valence-corrected chi connectivity index (χ2v) is 4.06. The molecule has 1 atom stereocenters. The van der Waals surface area contributed by atoms with Gasteiger partial charge in [0.15, 0.2) is 0 Å². The standard InChI is InChI=1S/C12H14FN5/c1-7-3-11(8(2)18-17-7)12(16-14)9-4-10(13)6-15-5-9/h3-6,12,16H,14H2,1-2H3. The minimum atomic E-state index is -0.399. The second-order valence-electron chi connectivity index (χ2n) is 4.06. The zero-order valence-corrected chi connectivity index (χ0v) is 10.2. The van der Waals surface area contributed by atoms with Crippen molar-refractivity contribution in [1.29, 1.82) is 0 Å². The summed E-state index contributed by atoms with van der Waals surface area (Å²) in [5.41, 5.74) is 5.68. The number of hydrogen-bond donors (Lipinski definition) is 2. The summed E-state index contributed by atoms with van der Waals surface area (Å²) in [4.78, 5) is 3.82. The van der Waals surface area contributed by atoms with Gasteiger partial charge in [0, 0.05) is 6.20 Å². The van der Waals surface area contributed by atoms with E-state index in [1.165, 1.54) is 6.07 Å². The van der Waals surface area contributed by atoms with Crippen LogP contribution in [0, 0.1) is 19.7 Å². The fourth-order valence-corrected chi connectivity index (χ4v) is 1.81. The molecule has 0 fully saturated rings. The van der Waals surface area contributed by atoms with E-state index in [1.54, 1.807) is 6.20 Å². The van der Waals surface area contributed by atoms with E-state index in [9.17, 15) is 4.39 Å². The molecular formula is C12H14FN5. The third kappa shape index (κ3) is 2.49. The summed E-state index contributed by atoms with van der Waals surface area (Å²) in [7, 11) is 0. The van der Waals surface area contributed by atoms with Crippen molar-refractivity contribution in [2.24, 2.45) is 5.84 Å². The van der Waals surface area contributed by atoms with E-state index in [4.69, 9.17) is 5.84 Å². The molecule has 0 radical (unpaired) electrons. The maximum Gasteiger partial charge on any atom is 0.141 e. The minimum absolute atomic E-state index is 0.359. The van der Waals surface area contributed by atoms with Crippen LogP contribution >= 0.6 is 0 Å². The lowest BCUT2D eigenvalue weighted by molar-refractivity contribution is 0.593. The molecule has 3 N–H and O–H groups in total. The first kappa shape index (κ1) is 12.5. The number of hydrogen-bond acceptors (Lipinski definition) is 5. The molecule has 0 aromatic carbocycles. The molecule has 0 bridgehead atoms. The predicted molar refractivity (Wildman–Crippen MR) is 64.9 cm³/mol. The summed E-state index contributed by atoms with van der Waals surface area (Å²) in [6.45, 7) is 3.67. The van der Waals surface area contributed by atoms with Crippen molar-refractivity contribution in [2.45, 2.75) is 19.9 Å². The Hall–Kier alpha value is -1.92. The molecule has 5 nitrogen and oxygen atoms in total. The molecule has 0 aliphatic heterocycles. The first-order valence-corrected chi connectivity index (χ1v) is 5.49. The van der Waals surface area contributed by atoms with E-state index >= 15 is 0 Å². The average molecular weight is 247 g/mol. The number of pyridine rings is 1. The lowest BCUT2D eigenvalue weighted by atomic mass is 9.99. The molecule has 0 amide bonds. The Morgan fingerprint density at radius 1 is 1.22 bits per heavy atom. The average Bonchev–Trinajstić information content (AvgIpc) is 2.35. The summed E-state index contributed by atoms with van der Waals surface area (Å²) in [5.74, 6) is 5.16. The van der Waals surface area contributed by atoms with E-state index < -0.39 is 5.82 Å². The number of nitrogens with zero attached hydrogens (tertiary/aromatic N) is 3. The molecule has 18 heavy (non-hydrogen) atoms. The molecular weight excluding hydrogens is 233 g/mol. The molecule has 0 aliphatic carbocycles. The van der Waals surface area contributed by atoms with Gasteiger partial charge in [-0.05, 0) is 37.1 Å². The highest BCUT2D eigenvalue weighted by Crippen LogP contribution is 2.23. The van der Waals surface area contributed by atoms with Crippen LogP contribution in [0.2, 0.25) is 0 Å². The van der Waals surface area contributed by atoms with E-state index in [-0.39, 0.29) is 6.04 Å². The van der Waals surface area contributed by atoms with Gasteiger partial charge in [-0.2, -0.15) is 10.2 Å². The van der Waals surface area contributed by atoms with Crippen molar-refractivity contribution < 1.29 is 4.39 Å². The summed E-state index contributed by atoms with van der Waals surface area (Å²) in [6, 6.07) is 2.91. The quantitative estimate of drug-likeness (QED) is 0.629. The van der Waals surface area contributed by atoms with Crippen molar-refractivity contribution in [2.75, 3.05) is 0 Å². The number of hydrazine groups is 1. The van der Waals surface area contributed by atoms with Crippen LogP contribution in [-0.4, -0.2) is 15.2 Å². The van der Waals surface area contributed by atoms with Gasteiger partial charge in [0.05, 0.1) is 23.6 Å². The monoisotopic (exact) mass is 247 g/mol. The Morgan fingerprint density at radius 3 is 2.67 bits per heavy atom. The van der Waals surface area contributed by atoms with Crippen LogP contribution in [0.3, 0.4) is 0 Å². The molecule has 2 heterocycles. The number of nitrogens with two attached hydrogens (primary N) is 1. The third-order valence-electron chi connectivity index (χ3n) is 2.68. The first-order chi connectivity index (χ1) is 8.61. The minimum Gasteiger partial charge on any atom is -0.271 e. The van der Waals surface area contributed by atoms with Gasteiger partial charge in [-0.25, -0.2) is 9.82 Å². The van der Waals surface area contributed by atoms with Gasteiger partial charge in [-0.3, -0.25) is 10.8 Å². The second kappa shape index (κ2) is 5.16. The van der Waals surface area contributed by atoms with Crippen molar-refractivity contribution in [3.05, 3.63) is 52.9 Å². The summed E-state index contributed by atoms with van der Waals surface area (Å²) >= 11 is 0. The van der Waals surface area contributed by atoms with E-state index in [1.807, 2.05) is 19.9 Å². The van der Waals surface area contributed by atoms with Gasteiger partial charge in [-0.15, -0.1) is 0 Å². The van der Waals surface area contributed by atoms with Crippen molar-refractivity contribution in [3.8, 4) is 0 Å². The Balaban J connectivity index is 2.48. The predicted octanol–water partition coefficient (Wildman–Crippen LogP) is 1.18. The van der Waals surface area contributed by atoms with Gasteiger partial charge in [-0.1, -0.05) is 0 Å².